The molecule has 0 aliphatic heterocycles. The fraction of sp³-hybridized carbons (Fsp3) is 0.167. The first-order valence-corrected chi connectivity index (χ1v) is 9.26. The Balaban J connectivity index is 1.67. The first kappa shape index (κ1) is 18.2. The molecule has 1 heterocycles. The fourth-order valence-corrected chi connectivity index (χ4v) is 3.35. The van der Waals surface area contributed by atoms with Crippen molar-refractivity contribution in [1.82, 2.24) is 10.2 Å². The monoisotopic (exact) mass is 387 g/mol. The van der Waals surface area contributed by atoms with Crippen LogP contribution in [0, 0.1) is 6.92 Å². The Kier molecular flexibility index (Phi) is 5.70. The molecule has 0 bridgehead atoms. The second-order valence-electron chi connectivity index (χ2n) is 5.51. The van der Waals surface area contributed by atoms with Crippen molar-refractivity contribution < 1.29 is 4.79 Å². The number of nitrogens with zero attached hydrogens (tertiary/aromatic N) is 3. The SMILES string of the molecule is CCN(c1ccccc1)c1nnc(NC(=O)Nc2ccc(C)c(Cl)c2)s1. The van der Waals surface area contributed by atoms with Crippen molar-refractivity contribution in [2.75, 3.05) is 22.1 Å². The summed E-state index contributed by atoms with van der Waals surface area (Å²) in [6.07, 6.45) is 0. The normalized spacial score (nSPS) is 10.4. The number of para-hydroxylation sites is 1. The van der Waals surface area contributed by atoms with E-state index in [1.54, 1.807) is 12.1 Å². The molecular weight excluding hydrogens is 370 g/mol. The molecule has 0 aliphatic carbocycles. The van der Waals surface area contributed by atoms with E-state index < -0.39 is 6.03 Å². The van der Waals surface area contributed by atoms with Gasteiger partial charge in [0.2, 0.25) is 10.3 Å². The molecule has 134 valence electrons. The van der Waals surface area contributed by atoms with Gasteiger partial charge in [0.25, 0.3) is 0 Å². The van der Waals surface area contributed by atoms with Gasteiger partial charge in [0.05, 0.1) is 0 Å². The van der Waals surface area contributed by atoms with Crippen LogP contribution in [-0.4, -0.2) is 22.8 Å². The van der Waals surface area contributed by atoms with Gasteiger partial charge in [0, 0.05) is 22.9 Å². The van der Waals surface area contributed by atoms with Crippen LogP contribution in [0.1, 0.15) is 12.5 Å². The Morgan fingerprint density at radius 2 is 1.92 bits per heavy atom. The van der Waals surface area contributed by atoms with Crippen LogP contribution in [0.4, 0.5) is 26.4 Å². The molecule has 0 radical (unpaired) electrons. The Bertz CT molecular complexity index is 900. The van der Waals surface area contributed by atoms with Crippen LogP contribution in [0.15, 0.2) is 48.5 Å². The molecule has 6 nitrogen and oxygen atoms in total. The summed E-state index contributed by atoms with van der Waals surface area (Å²) in [5, 5.41) is 15.4. The summed E-state index contributed by atoms with van der Waals surface area (Å²) in [7, 11) is 0. The van der Waals surface area contributed by atoms with E-state index in [1.807, 2.05) is 55.1 Å². The van der Waals surface area contributed by atoms with Gasteiger partial charge in [-0.2, -0.15) is 0 Å². The fourth-order valence-electron chi connectivity index (χ4n) is 2.34. The molecule has 0 saturated heterocycles. The molecule has 2 aromatic carbocycles. The van der Waals surface area contributed by atoms with E-state index in [1.165, 1.54) is 11.3 Å². The molecule has 1 aromatic heterocycles. The standard InChI is InChI=1S/C18H18ClN5OS/c1-3-24(14-7-5-4-6-8-14)18-23-22-17(26-18)21-16(25)20-13-10-9-12(2)15(19)11-13/h4-11H,3H2,1-2H3,(H2,20,21,22,25). The van der Waals surface area contributed by atoms with Gasteiger partial charge in [0.15, 0.2) is 0 Å². The van der Waals surface area contributed by atoms with E-state index in [2.05, 4.69) is 20.8 Å². The number of urea groups is 1. The van der Waals surface area contributed by atoms with Crippen molar-refractivity contribution in [2.45, 2.75) is 13.8 Å². The number of hydrogen-bond acceptors (Lipinski definition) is 5. The summed E-state index contributed by atoms with van der Waals surface area (Å²) >= 11 is 7.38. The number of aromatic nitrogens is 2. The lowest BCUT2D eigenvalue weighted by Gasteiger charge is -2.18. The summed E-state index contributed by atoms with van der Waals surface area (Å²) in [6.45, 7) is 4.68. The minimum Gasteiger partial charge on any atom is -0.317 e. The van der Waals surface area contributed by atoms with Gasteiger partial charge in [0.1, 0.15) is 0 Å². The van der Waals surface area contributed by atoms with E-state index in [4.69, 9.17) is 11.6 Å². The summed E-state index contributed by atoms with van der Waals surface area (Å²) in [5.41, 5.74) is 2.59. The third-order valence-electron chi connectivity index (χ3n) is 3.68. The van der Waals surface area contributed by atoms with Gasteiger partial charge >= 0.3 is 6.03 Å². The van der Waals surface area contributed by atoms with Crippen molar-refractivity contribution >= 4 is 50.6 Å². The lowest BCUT2D eigenvalue weighted by Crippen LogP contribution is -2.19. The second kappa shape index (κ2) is 8.16. The molecule has 0 saturated carbocycles. The summed E-state index contributed by atoms with van der Waals surface area (Å²) in [5.74, 6) is 0. The number of carbonyl (C=O) groups is 1. The van der Waals surface area contributed by atoms with Crippen molar-refractivity contribution in [3.8, 4) is 0 Å². The highest BCUT2D eigenvalue weighted by Crippen LogP contribution is 2.30. The lowest BCUT2D eigenvalue weighted by atomic mass is 10.2. The molecule has 8 heteroatoms. The van der Waals surface area contributed by atoms with Crippen molar-refractivity contribution in [1.29, 1.82) is 0 Å². The largest absolute Gasteiger partial charge is 0.325 e. The zero-order valence-corrected chi connectivity index (χ0v) is 15.9. The van der Waals surface area contributed by atoms with Crippen LogP contribution in [0.5, 0.6) is 0 Å². The number of anilines is 4. The zero-order valence-electron chi connectivity index (χ0n) is 14.4. The van der Waals surface area contributed by atoms with E-state index in [-0.39, 0.29) is 0 Å². The number of aryl methyl sites for hydroxylation is 1. The van der Waals surface area contributed by atoms with E-state index in [0.717, 1.165) is 17.8 Å². The number of rotatable bonds is 5. The molecule has 3 rings (SSSR count). The van der Waals surface area contributed by atoms with Crippen LogP contribution < -0.4 is 15.5 Å². The lowest BCUT2D eigenvalue weighted by molar-refractivity contribution is 0.262. The van der Waals surface area contributed by atoms with Gasteiger partial charge in [-0.05, 0) is 43.7 Å². The summed E-state index contributed by atoms with van der Waals surface area (Å²) in [6, 6.07) is 14.9. The van der Waals surface area contributed by atoms with Crippen LogP contribution >= 0.6 is 22.9 Å². The topological polar surface area (TPSA) is 70.2 Å². The molecule has 0 aliphatic rings. The smallest absolute Gasteiger partial charge is 0.317 e. The average Bonchev–Trinajstić information content (AvgIpc) is 3.08. The molecule has 0 spiro atoms. The van der Waals surface area contributed by atoms with Gasteiger partial charge in [-0.15, -0.1) is 10.2 Å². The van der Waals surface area contributed by atoms with E-state index >= 15 is 0 Å². The quantitative estimate of drug-likeness (QED) is 0.623. The predicted octanol–water partition coefficient (Wildman–Crippen LogP) is 5.30. The summed E-state index contributed by atoms with van der Waals surface area (Å²) < 4.78 is 0. The third-order valence-corrected chi connectivity index (χ3v) is 4.95. The number of halogens is 1. The number of hydrogen-bond donors (Lipinski definition) is 2. The minimum absolute atomic E-state index is 0.393. The van der Waals surface area contributed by atoms with Gasteiger partial charge < -0.3 is 10.2 Å². The molecule has 2 amide bonds. The third kappa shape index (κ3) is 4.30. The number of nitrogens with one attached hydrogen (secondary N) is 2. The number of amides is 2. The molecular formula is C18H18ClN5OS. The van der Waals surface area contributed by atoms with Crippen LogP contribution in [0.25, 0.3) is 0 Å². The highest BCUT2D eigenvalue weighted by Gasteiger charge is 2.14. The van der Waals surface area contributed by atoms with Crippen LogP contribution in [-0.2, 0) is 0 Å². The Hall–Kier alpha value is -2.64. The van der Waals surface area contributed by atoms with Gasteiger partial charge in [-0.1, -0.05) is 47.2 Å². The molecule has 0 atom stereocenters. The van der Waals surface area contributed by atoms with E-state index in [0.29, 0.717) is 21.0 Å². The number of benzene rings is 2. The maximum atomic E-state index is 12.2. The molecule has 0 unspecified atom stereocenters. The first-order valence-electron chi connectivity index (χ1n) is 8.07. The predicted molar refractivity (Wildman–Crippen MR) is 108 cm³/mol. The minimum atomic E-state index is -0.393. The summed E-state index contributed by atoms with van der Waals surface area (Å²) in [4.78, 5) is 14.2. The molecule has 2 N–H and O–H groups in total. The van der Waals surface area contributed by atoms with Gasteiger partial charge in [-0.3, -0.25) is 5.32 Å². The van der Waals surface area contributed by atoms with Crippen LogP contribution in [0.3, 0.4) is 0 Å². The molecule has 0 fully saturated rings. The Morgan fingerprint density at radius 3 is 2.62 bits per heavy atom. The maximum absolute atomic E-state index is 12.2. The number of carbonyl (C=O) groups excluding carboxylic acids is 1. The van der Waals surface area contributed by atoms with Crippen molar-refractivity contribution in [3.63, 3.8) is 0 Å². The zero-order chi connectivity index (χ0) is 18.5. The van der Waals surface area contributed by atoms with Crippen LogP contribution in [0.2, 0.25) is 5.02 Å². The first-order chi connectivity index (χ1) is 12.6. The molecule has 26 heavy (non-hydrogen) atoms. The maximum Gasteiger partial charge on any atom is 0.325 e. The van der Waals surface area contributed by atoms with E-state index in [9.17, 15) is 4.79 Å². The molecule has 3 aromatic rings. The Labute approximate surface area is 160 Å². The average molecular weight is 388 g/mol. The Morgan fingerprint density at radius 1 is 1.15 bits per heavy atom. The van der Waals surface area contributed by atoms with Gasteiger partial charge in [-0.25, -0.2) is 4.79 Å². The highest BCUT2D eigenvalue weighted by molar-refractivity contribution is 7.19. The van der Waals surface area contributed by atoms with Crippen molar-refractivity contribution in [3.05, 3.63) is 59.1 Å². The second-order valence-corrected chi connectivity index (χ2v) is 6.88. The van der Waals surface area contributed by atoms with Crippen molar-refractivity contribution in [2.24, 2.45) is 0 Å². The highest BCUT2D eigenvalue weighted by atomic mass is 35.5.